The number of aromatic nitrogens is 3. The highest BCUT2D eigenvalue weighted by Gasteiger charge is 2.17. The van der Waals surface area contributed by atoms with Crippen molar-refractivity contribution in [1.29, 1.82) is 0 Å². The van der Waals surface area contributed by atoms with E-state index in [-0.39, 0.29) is 10.7 Å². The largest absolute Gasteiger partial charge is 0.347 e. The van der Waals surface area contributed by atoms with Gasteiger partial charge in [-0.15, -0.1) is 0 Å². The molecule has 0 atom stereocenters. The molecule has 0 spiro atoms. The summed E-state index contributed by atoms with van der Waals surface area (Å²) >= 11 is 5.89. The van der Waals surface area contributed by atoms with Crippen LogP contribution in [-0.4, -0.2) is 42.6 Å². The van der Waals surface area contributed by atoms with Gasteiger partial charge in [0.2, 0.25) is 17.2 Å². The van der Waals surface area contributed by atoms with Crippen LogP contribution in [0.4, 0.5) is 11.9 Å². The van der Waals surface area contributed by atoms with Crippen molar-refractivity contribution in [3.8, 4) is 0 Å². The van der Waals surface area contributed by atoms with Gasteiger partial charge in [0, 0.05) is 27.7 Å². The molecule has 0 amide bonds. The smallest absolute Gasteiger partial charge is 0.231 e. The number of nitrogens with zero attached hydrogens (tertiary/aromatic N) is 5. The SMILES string of the molecule is CN(C)c1nc(Cl)nc(N(C)CC(C)(C)C)n1. The van der Waals surface area contributed by atoms with Gasteiger partial charge in [-0.05, 0) is 17.0 Å². The van der Waals surface area contributed by atoms with Gasteiger partial charge in [0.05, 0.1) is 0 Å². The van der Waals surface area contributed by atoms with Crippen molar-refractivity contribution in [2.45, 2.75) is 20.8 Å². The lowest BCUT2D eigenvalue weighted by Crippen LogP contribution is -2.31. The van der Waals surface area contributed by atoms with Crippen LogP contribution < -0.4 is 9.80 Å². The predicted molar refractivity (Wildman–Crippen MR) is 71.9 cm³/mol. The molecule has 0 radical (unpaired) electrons. The molecule has 1 heterocycles. The van der Waals surface area contributed by atoms with Crippen molar-refractivity contribution in [2.24, 2.45) is 5.41 Å². The average molecular weight is 258 g/mol. The minimum Gasteiger partial charge on any atom is -0.347 e. The monoisotopic (exact) mass is 257 g/mol. The third kappa shape index (κ3) is 4.34. The Balaban J connectivity index is 2.97. The second-order valence-electron chi connectivity index (χ2n) is 5.52. The van der Waals surface area contributed by atoms with E-state index in [1.165, 1.54) is 0 Å². The third-order valence-corrected chi connectivity index (χ3v) is 2.21. The summed E-state index contributed by atoms with van der Waals surface area (Å²) in [4.78, 5) is 16.4. The van der Waals surface area contributed by atoms with E-state index in [1.54, 1.807) is 0 Å². The first-order valence-corrected chi connectivity index (χ1v) is 5.87. The Labute approximate surface area is 108 Å². The fourth-order valence-corrected chi connectivity index (χ4v) is 1.63. The van der Waals surface area contributed by atoms with Gasteiger partial charge in [-0.2, -0.15) is 15.0 Å². The van der Waals surface area contributed by atoms with E-state index in [4.69, 9.17) is 11.6 Å². The van der Waals surface area contributed by atoms with Gasteiger partial charge in [-0.1, -0.05) is 20.8 Å². The molecule has 6 heteroatoms. The normalized spacial score (nSPS) is 11.5. The first-order chi connectivity index (χ1) is 7.69. The van der Waals surface area contributed by atoms with Gasteiger partial charge in [0.15, 0.2) is 0 Å². The van der Waals surface area contributed by atoms with Crippen LogP contribution >= 0.6 is 11.6 Å². The summed E-state index contributed by atoms with van der Waals surface area (Å²) in [6.07, 6.45) is 0. The molecule has 1 aromatic heterocycles. The fraction of sp³-hybridized carbons (Fsp3) is 0.727. The minimum atomic E-state index is 0.173. The maximum absolute atomic E-state index is 5.89. The summed E-state index contributed by atoms with van der Waals surface area (Å²) in [5.74, 6) is 1.17. The van der Waals surface area contributed by atoms with Gasteiger partial charge >= 0.3 is 0 Å². The Hall–Kier alpha value is -1.10. The lowest BCUT2D eigenvalue weighted by Gasteiger charge is -2.27. The van der Waals surface area contributed by atoms with E-state index in [0.29, 0.717) is 11.9 Å². The highest BCUT2D eigenvalue weighted by atomic mass is 35.5. The molecule has 0 aromatic carbocycles. The molecule has 0 saturated heterocycles. The zero-order chi connectivity index (χ0) is 13.2. The van der Waals surface area contributed by atoms with Crippen molar-refractivity contribution >= 4 is 23.5 Å². The predicted octanol–water partition coefficient (Wildman–Crippen LogP) is 2.07. The Bertz CT molecular complexity index is 386. The second-order valence-corrected chi connectivity index (χ2v) is 5.85. The van der Waals surface area contributed by atoms with Crippen molar-refractivity contribution < 1.29 is 0 Å². The van der Waals surface area contributed by atoms with Crippen molar-refractivity contribution in [3.63, 3.8) is 0 Å². The number of anilines is 2. The number of hydrogen-bond acceptors (Lipinski definition) is 5. The van der Waals surface area contributed by atoms with Crippen LogP contribution in [-0.2, 0) is 0 Å². The molecule has 5 nitrogen and oxygen atoms in total. The number of hydrogen-bond donors (Lipinski definition) is 0. The molecule has 1 aromatic rings. The average Bonchev–Trinajstić information content (AvgIpc) is 2.13. The Morgan fingerprint density at radius 2 is 1.53 bits per heavy atom. The molecule has 0 aliphatic heterocycles. The Morgan fingerprint density at radius 3 is 2.00 bits per heavy atom. The molecule has 0 saturated carbocycles. The third-order valence-electron chi connectivity index (χ3n) is 2.04. The topological polar surface area (TPSA) is 45.2 Å². The molecule has 0 bridgehead atoms. The molecule has 1 rings (SSSR count). The first kappa shape index (κ1) is 14.0. The van der Waals surface area contributed by atoms with E-state index in [0.717, 1.165) is 6.54 Å². The van der Waals surface area contributed by atoms with Crippen molar-refractivity contribution in [3.05, 3.63) is 5.28 Å². The molecule has 96 valence electrons. The summed E-state index contributed by atoms with van der Waals surface area (Å²) in [6.45, 7) is 7.34. The lowest BCUT2D eigenvalue weighted by molar-refractivity contribution is 0.416. The summed E-state index contributed by atoms with van der Waals surface area (Å²) in [6, 6.07) is 0. The van der Waals surface area contributed by atoms with Crippen LogP contribution in [0.5, 0.6) is 0 Å². The first-order valence-electron chi connectivity index (χ1n) is 5.49. The van der Waals surface area contributed by atoms with E-state index in [2.05, 4.69) is 35.7 Å². The van der Waals surface area contributed by atoms with Gasteiger partial charge < -0.3 is 9.80 Å². The highest BCUT2D eigenvalue weighted by molar-refractivity contribution is 6.28. The standard InChI is InChI=1S/C11H20ClN5/c1-11(2,3)7-17(6)10-14-8(12)13-9(15-10)16(4)5/h7H2,1-6H3. The summed E-state index contributed by atoms with van der Waals surface area (Å²) in [5.41, 5.74) is 0.173. The molecule has 0 aliphatic rings. The van der Waals surface area contributed by atoms with Gasteiger partial charge in [0.1, 0.15) is 0 Å². The zero-order valence-corrected chi connectivity index (χ0v) is 12.1. The van der Waals surface area contributed by atoms with Gasteiger partial charge in [-0.25, -0.2) is 0 Å². The molecule has 0 fully saturated rings. The maximum Gasteiger partial charge on any atom is 0.231 e. The summed E-state index contributed by atoms with van der Waals surface area (Å²) in [5, 5.41) is 0.222. The molecule has 17 heavy (non-hydrogen) atoms. The van der Waals surface area contributed by atoms with Crippen LogP contribution in [0.15, 0.2) is 0 Å². The Morgan fingerprint density at radius 1 is 1.00 bits per heavy atom. The highest BCUT2D eigenvalue weighted by Crippen LogP contribution is 2.19. The van der Waals surface area contributed by atoms with Gasteiger partial charge in [-0.3, -0.25) is 0 Å². The van der Waals surface area contributed by atoms with Crippen LogP contribution in [0.2, 0.25) is 5.28 Å². The molecule has 0 aliphatic carbocycles. The van der Waals surface area contributed by atoms with Crippen LogP contribution in [0.3, 0.4) is 0 Å². The maximum atomic E-state index is 5.89. The lowest BCUT2D eigenvalue weighted by atomic mass is 9.96. The summed E-state index contributed by atoms with van der Waals surface area (Å²) in [7, 11) is 5.70. The molecular formula is C11H20ClN5. The number of halogens is 1. The fourth-order valence-electron chi connectivity index (χ4n) is 1.48. The van der Waals surface area contributed by atoms with Crippen LogP contribution in [0.25, 0.3) is 0 Å². The Kier molecular flexibility index (Phi) is 4.14. The zero-order valence-electron chi connectivity index (χ0n) is 11.3. The quantitative estimate of drug-likeness (QED) is 0.830. The molecule has 0 unspecified atom stereocenters. The molecule has 0 N–H and O–H groups in total. The van der Waals surface area contributed by atoms with Crippen molar-refractivity contribution in [2.75, 3.05) is 37.5 Å². The molecular weight excluding hydrogens is 238 g/mol. The van der Waals surface area contributed by atoms with E-state index in [1.807, 2.05) is 30.9 Å². The van der Waals surface area contributed by atoms with Crippen molar-refractivity contribution in [1.82, 2.24) is 15.0 Å². The van der Waals surface area contributed by atoms with Gasteiger partial charge in [0.25, 0.3) is 0 Å². The van der Waals surface area contributed by atoms with E-state index >= 15 is 0 Å². The van der Waals surface area contributed by atoms with Crippen LogP contribution in [0.1, 0.15) is 20.8 Å². The minimum absolute atomic E-state index is 0.173. The van der Waals surface area contributed by atoms with E-state index < -0.39 is 0 Å². The second kappa shape index (κ2) is 5.04. The van der Waals surface area contributed by atoms with Crippen LogP contribution in [0, 0.1) is 5.41 Å². The van der Waals surface area contributed by atoms with E-state index in [9.17, 15) is 0 Å². The summed E-state index contributed by atoms with van der Waals surface area (Å²) < 4.78 is 0. The number of rotatable bonds is 3.